The third-order valence-electron chi connectivity index (χ3n) is 11.2. The molecule has 1 nitrogen and oxygen atoms in total. The van der Waals surface area contributed by atoms with Crippen molar-refractivity contribution in [3.05, 3.63) is 223 Å². The van der Waals surface area contributed by atoms with E-state index < -0.39 is 0 Å². The Balaban J connectivity index is 1.23. The number of para-hydroxylation sites is 2. The number of fused-ring (bicyclic) bond motifs is 6. The smallest absolute Gasteiger partial charge is 0.0541 e. The Morgan fingerprint density at radius 1 is 0.473 bits per heavy atom. The van der Waals surface area contributed by atoms with Gasteiger partial charge in [0, 0.05) is 16.5 Å². The van der Waals surface area contributed by atoms with Gasteiger partial charge in [0.05, 0.1) is 11.0 Å². The third kappa shape index (κ3) is 5.82. The first kappa shape index (κ1) is 32.7. The molecule has 0 bridgehead atoms. The van der Waals surface area contributed by atoms with Crippen LogP contribution < -0.4 is 0 Å². The zero-order chi connectivity index (χ0) is 36.7. The first-order valence-electron chi connectivity index (χ1n) is 19.2. The number of benzene rings is 9. The molecule has 0 atom stereocenters. The van der Waals surface area contributed by atoms with Gasteiger partial charge in [-0.25, -0.2) is 0 Å². The van der Waals surface area contributed by atoms with E-state index in [1.807, 2.05) is 0 Å². The van der Waals surface area contributed by atoms with Crippen molar-refractivity contribution in [2.24, 2.45) is 0 Å². The predicted molar refractivity (Wildman–Crippen MR) is 237 cm³/mol. The molecule has 0 amide bonds. The van der Waals surface area contributed by atoms with E-state index in [1.54, 1.807) is 0 Å². The molecular formula is C54H39N. The first-order chi connectivity index (χ1) is 27.2. The number of rotatable bonds is 7. The predicted octanol–water partition coefficient (Wildman–Crippen LogP) is 14.6. The number of hydrogen-bond acceptors (Lipinski definition) is 0. The Bertz CT molecular complexity index is 3040. The van der Waals surface area contributed by atoms with Gasteiger partial charge in [-0.2, -0.15) is 0 Å². The molecule has 1 heterocycles. The lowest BCUT2D eigenvalue weighted by Crippen LogP contribution is -1.96. The number of hydrogen-bond donors (Lipinski definition) is 0. The van der Waals surface area contributed by atoms with Gasteiger partial charge in [0.2, 0.25) is 0 Å². The molecular weight excluding hydrogens is 663 g/mol. The standard InChI is InChI=1S/C54H39N/c1-37(39-18-6-3-7-19-39)34-43(29-28-38-16-4-2-5-17-38)54-48-25-11-10-24-47(48)53(49-35-41-20-8-9-21-42(41)36-50(49)54)40-30-32-44(33-31-40)55-51-26-14-12-22-45(51)46-23-13-15-27-52(46)55/h2-27,29-36H,28H2,1H3/b37-34+,43-29+. The van der Waals surface area contributed by atoms with Crippen molar-refractivity contribution in [1.29, 1.82) is 0 Å². The molecule has 55 heavy (non-hydrogen) atoms. The largest absolute Gasteiger partial charge is 0.309 e. The van der Waals surface area contributed by atoms with Gasteiger partial charge in [-0.15, -0.1) is 0 Å². The van der Waals surface area contributed by atoms with Crippen LogP contribution in [0.2, 0.25) is 0 Å². The minimum absolute atomic E-state index is 0.837. The Kier molecular flexibility index (Phi) is 8.19. The summed E-state index contributed by atoms with van der Waals surface area (Å²) in [5.41, 5.74) is 12.3. The van der Waals surface area contributed by atoms with Crippen molar-refractivity contribution in [1.82, 2.24) is 4.57 Å². The molecule has 0 radical (unpaired) electrons. The molecule has 10 aromatic rings. The number of nitrogens with zero attached hydrogens (tertiary/aromatic N) is 1. The van der Waals surface area contributed by atoms with Gasteiger partial charge in [0.25, 0.3) is 0 Å². The zero-order valence-electron chi connectivity index (χ0n) is 30.8. The molecule has 1 aromatic heterocycles. The van der Waals surface area contributed by atoms with E-state index in [2.05, 4.69) is 218 Å². The molecule has 1 heteroatoms. The summed E-state index contributed by atoms with van der Waals surface area (Å²) in [7, 11) is 0. The molecule has 10 rings (SSSR count). The fraction of sp³-hybridized carbons (Fsp3) is 0.0370. The maximum Gasteiger partial charge on any atom is 0.0541 e. The third-order valence-corrected chi connectivity index (χ3v) is 11.2. The normalized spacial score (nSPS) is 12.4. The summed E-state index contributed by atoms with van der Waals surface area (Å²) in [6.45, 7) is 2.23. The lowest BCUT2D eigenvalue weighted by atomic mass is 9.83. The van der Waals surface area contributed by atoms with Crippen molar-refractivity contribution in [2.75, 3.05) is 0 Å². The highest BCUT2D eigenvalue weighted by atomic mass is 15.0. The van der Waals surface area contributed by atoms with E-state index >= 15 is 0 Å². The summed E-state index contributed by atoms with van der Waals surface area (Å²) in [4.78, 5) is 0. The molecule has 0 unspecified atom stereocenters. The Hall–Kier alpha value is -6.96. The van der Waals surface area contributed by atoms with Crippen LogP contribution in [0.4, 0.5) is 0 Å². The molecule has 0 fully saturated rings. The molecule has 0 saturated carbocycles. The van der Waals surface area contributed by atoms with E-state index in [-0.39, 0.29) is 0 Å². The van der Waals surface area contributed by atoms with E-state index in [9.17, 15) is 0 Å². The topological polar surface area (TPSA) is 4.93 Å². The summed E-state index contributed by atoms with van der Waals surface area (Å²) in [5, 5.41) is 10.0. The van der Waals surface area contributed by atoms with Crippen LogP contribution in [-0.4, -0.2) is 4.57 Å². The molecule has 260 valence electrons. The van der Waals surface area contributed by atoms with Crippen LogP contribution in [0.25, 0.3) is 82.1 Å². The fourth-order valence-corrected chi connectivity index (χ4v) is 8.56. The van der Waals surface area contributed by atoms with Crippen molar-refractivity contribution >= 4 is 65.3 Å². The minimum atomic E-state index is 0.837. The number of aromatic nitrogens is 1. The van der Waals surface area contributed by atoms with Crippen LogP contribution in [0.15, 0.2) is 206 Å². The van der Waals surface area contributed by atoms with E-state index in [1.165, 1.54) is 93.1 Å². The van der Waals surface area contributed by atoms with Crippen molar-refractivity contribution < 1.29 is 0 Å². The van der Waals surface area contributed by atoms with Gasteiger partial charge < -0.3 is 4.57 Å². The fourth-order valence-electron chi connectivity index (χ4n) is 8.56. The Labute approximate surface area is 321 Å². The average molecular weight is 702 g/mol. The molecule has 0 saturated heterocycles. The maximum absolute atomic E-state index is 2.43. The average Bonchev–Trinajstić information content (AvgIpc) is 3.59. The SMILES string of the molecule is C/C(=C\C(=C/Cc1ccccc1)c1c2ccccc2c(-c2ccc(-n3c4ccccc4c4ccccc43)cc2)c2cc3ccccc3cc12)c1ccccc1. The van der Waals surface area contributed by atoms with Crippen LogP contribution in [0.1, 0.15) is 23.6 Å². The van der Waals surface area contributed by atoms with Crippen LogP contribution in [0.5, 0.6) is 0 Å². The van der Waals surface area contributed by atoms with Crippen molar-refractivity contribution in [3.8, 4) is 16.8 Å². The van der Waals surface area contributed by atoms with E-state index in [4.69, 9.17) is 0 Å². The highest BCUT2D eigenvalue weighted by Crippen LogP contribution is 2.44. The minimum Gasteiger partial charge on any atom is -0.309 e. The van der Waals surface area contributed by atoms with Gasteiger partial charge in [-0.1, -0.05) is 170 Å². The first-order valence-corrected chi connectivity index (χ1v) is 19.2. The molecule has 0 aliphatic rings. The molecule has 0 spiro atoms. The molecule has 0 N–H and O–H groups in total. The van der Waals surface area contributed by atoms with E-state index in [0.717, 1.165) is 12.1 Å². The highest BCUT2D eigenvalue weighted by Gasteiger charge is 2.19. The highest BCUT2D eigenvalue weighted by molar-refractivity contribution is 6.22. The molecule has 0 aliphatic carbocycles. The lowest BCUT2D eigenvalue weighted by molar-refractivity contribution is 1.18. The Morgan fingerprint density at radius 3 is 1.65 bits per heavy atom. The van der Waals surface area contributed by atoms with Crippen molar-refractivity contribution in [2.45, 2.75) is 13.3 Å². The molecule has 9 aromatic carbocycles. The van der Waals surface area contributed by atoms with Gasteiger partial charge in [-0.05, 0) is 121 Å². The van der Waals surface area contributed by atoms with Crippen molar-refractivity contribution in [3.63, 3.8) is 0 Å². The van der Waals surface area contributed by atoms with E-state index in [0.29, 0.717) is 0 Å². The van der Waals surface area contributed by atoms with Crippen LogP contribution in [0.3, 0.4) is 0 Å². The van der Waals surface area contributed by atoms with Crippen LogP contribution >= 0.6 is 0 Å². The summed E-state index contributed by atoms with van der Waals surface area (Å²) in [5.74, 6) is 0. The second-order valence-corrected chi connectivity index (χ2v) is 14.5. The van der Waals surface area contributed by atoms with Gasteiger partial charge >= 0.3 is 0 Å². The maximum atomic E-state index is 2.43. The Morgan fingerprint density at radius 2 is 1.00 bits per heavy atom. The molecule has 0 aliphatic heterocycles. The quantitative estimate of drug-likeness (QED) is 0.115. The second-order valence-electron chi connectivity index (χ2n) is 14.5. The van der Waals surface area contributed by atoms with Crippen LogP contribution in [0, 0.1) is 0 Å². The second kappa shape index (κ2) is 13.8. The zero-order valence-corrected chi connectivity index (χ0v) is 30.8. The monoisotopic (exact) mass is 701 g/mol. The van der Waals surface area contributed by atoms with Crippen LogP contribution in [-0.2, 0) is 6.42 Å². The van der Waals surface area contributed by atoms with Gasteiger partial charge in [-0.3, -0.25) is 0 Å². The van der Waals surface area contributed by atoms with Gasteiger partial charge in [0.15, 0.2) is 0 Å². The summed E-state index contributed by atoms with van der Waals surface area (Å²) in [6, 6.07) is 70.8. The summed E-state index contributed by atoms with van der Waals surface area (Å²) < 4.78 is 2.40. The lowest BCUT2D eigenvalue weighted by Gasteiger charge is -2.20. The summed E-state index contributed by atoms with van der Waals surface area (Å²) in [6.07, 6.45) is 5.66. The summed E-state index contributed by atoms with van der Waals surface area (Å²) >= 11 is 0. The van der Waals surface area contributed by atoms with Gasteiger partial charge in [0.1, 0.15) is 0 Å². The number of allylic oxidation sites excluding steroid dienone is 4.